The van der Waals surface area contributed by atoms with Gasteiger partial charge >= 0.3 is 0 Å². The number of amides is 1. The van der Waals surface area contributed by atoms with Crippen molar-refractivity contribution in [3.63, 3.8) is 0 Å². The maximum atomic E-state index is 13.7. The lowest BCUT2D eigenvalue weighted by Gasteiger charge is -2.27. The van der Waals surface area contributed by atoms with Crippen LogP contribution >= 0.6 is 23.2 Å². The molecule has 0 radical (unpaired) electrons. The zero-order chi connectivity index (χ0) is 28.9. The van der Waals surface area contributed by atoms with Crippen LogP contribution in [0.15, 0.2) is 87.1 Å². The van der Waals surface area contributed by atoms with Gasteiger partial charge in [-0.2, -0.15) is 4.31 Å². The highest BCUT2D eigenvalue weighted by atomic mass is 35.5. The van der Waals surface area contributed by atoms with Crippen molar-refractivity contribution < 1.29 is 26.8 Å². The Morgan fingerprint density at radius 2 is 1.75 bits per heavy atom. The highest BCUT2D eigenvalue weighted by Crippen LogP contribution is 2.28. The number of halogens is 3. The first-order valence-corrected chi connectivity index (χ1v) is 14.3. The van der Waals surface area contributed by atoms with Crippen LogP contribution in [0.3, 0.4) is 0 Å². The summed E-state index contributed by atoms with van der Waals surface area (Å²) in [5, 5.41) is 0.437. The van der Waals surface area contributed by atoms with Gasteiger partial charge in [-0.05, 0) is 48.0 Å². The van der Waals surface area contributed by atoms with Crippen LogP contribution in [0.1, 0.15) is 11.1 Å². The smallest absolute Gasteiger partial charge is 0.245 e. The molecule has 4 rings (SSSR count). The maximum absolute atomic E-state index is 13.7. The molecule has 0 saturated carbocycles. The Labute approximate surface area is 240 Å². The van der Waals surface area contributed by atoms with Gasteiger partial charge in [0.15, 0.2) is 5.43 Å². The molecule has 210 valence electrons. The Kier molecular flexibility index (Phi) is 9.60. The number of hydrogen-bond donors (Lipinski definition) is 0. The molecule has 4 aromatic rings. The molecule has 1 amide bonds. The molecule has 0 atom stereocenters. The van der Waals surface area contributed by atoms with Crippen molar-refractivity contribution in [2.75, 3.05) is 26.8 Å². The maximum Gasteiger partial charge on any atom is 0.245 e. The van der Waals surface area contributed by atoms with Crippen LogP contribution in [-0.2, 0) is 32.6 Å². The predicted molar refractivity (Wildman–Crippen MR) is 150 cm³/mol. The molecule has 8 nitrogen and oxygen atoms in total. The van der Waals surface area contributed by atoms with E-state index in [4.69, 9.17) is 32.4 Å². The van der Waals surface area contributed by atoms with E-state index in [0.29, 0.717) is 16.5 Å². The van der Waals surface area contributed by atoms with Crippen molar-refractivity contribution in [1.82, 2.24) is 9.21 Å². The normalized spacial score (nSPS) is 11.7. The minimum atomic E-state index is -4.28. The van der Waals surface area contributed by atoms with Crippen molar-refractivity contribution in [1.29, 1.82) is 0 Å². The highest BCUT2D eigenvalue weighted by Gasteiger charge is 2.31. The SMILES string of the molecule is COCCN(CC(=O)N(Cc1ccc(F)cc1)Cc1coc2ccccc2c1=O)S(=O)(=O)c1cc(Cl)ccc1Cl. The van der Waals surface area contributed by atoms with Crippen molar-refractivity contribution in [3.8, 4) is 0 Å². The largest absolute Gasteiger partial charge is 0.464 e. The van der Waals surface area contributed by atoms with Gasteiger partial charge in [-0.15, -0.1) is 0 Å². The number of rotatable bonds is 11. The third-order valence-electron chi connectivity index (χ3n) is 6.12. The fraction of sp³-hybridized carbons (Fsp3) is 0.214. The molecule has 0 unspecified atom stereocenters. The van der Waals surface area contributed by atoms with E-state index in [1.807, 2.05) is 0 Å². The second-order valence-electron chi connectivity index (χ2n) is 8.87. The van der Waals surface area contributed by atoms with Crippen molar-refractivity contribution in [2.45, 2.75) is 18.0 Å². The quantitative estimate of drug-likeness (QED) is 0.235. The molecule has 0 bridgehead atoms. The molecule has 0 fully saturated rings. The van der Waals surface area contributed by atoms with Crippen LogP contribution in [0.4, 0.5) is 4.39 Å². The second kappa shape index (κ2) is 12.9. The topological polar surface area (TPSA) is 97.1 Å². The van der Waals surface area contributed by atoms with Crippen LogP contribution < -0.4 is 5.43 Å². The van der Waals surface area contributed by atoms with Crippen LogP contribution in [0.5, 0.6) is 0 Å². The monoisotopic (exact) mass is 606 g/mol. The molecule has 0 saturated heterocycles. The lowest BCUT2D eigenvalue weighted by Crippen LogP contribution is -2.44. The Morgan fingerprint density at radius 1 is 1.02 bits per heavy atom. The highest BCUT2D eigenvalue weighted by molar-refractivity contribution is 7.89. The minimum Gasteiger partial charge on any atom is -0.464 e. The van der Waals surface area contributed by atoms with Gasteiger partial charge in [0.2, 0.25) is 15.9 Å². The summed E-state index contributed by atoms with van der Waals surface area (Å²) in [4.78, 5) is 27.9. The van der Waals surface area contributed by atoms with Gasteiger partial charge < -0.3 is 14.1 Å². The molecule has 0 aliphatic heterocycles. The summed E-state index contributed by atoms with van der Waals surface area (Å²) in [7, 11) is -2.88. The summed E-state index contributed by atoms with van der Waals surface area (Å²) in [6.45, 7) is -0.956. The number of carbonyl (C=O) groups is 1. The van der Waals surface area contributed by atoms with Crippen LogP contribution in [0, 0.1) is 5.82 Å². The number of para-hydroxylation sites is 1. The molecule has 3 aromatic carbocycles. The van der Waals surface area contributed by atoms with E-state index in [0.717, 1.165) is 4.31 Å². The molecular weight excluding hydrogens is 582 g/mol. The number of carbonyl (C=O) groups excluding carboxylic acids is 1. The third kappa shape index (κ3) is 6.89. The first-order valence-electron chi connectivity index (χ1n) is 12.1. The third-order valence-corrected chi connectivity index (χ3v) is 8.68. The standard InChI is InChI=1S/C28H25Cl2FN2O6S/c1-38-13-12-33(40(36,37)26-14-21(29)8-11-24(26)30)17-27(34)32(15-19-6-9-22(31)10-7-19)16-20-18-39-25-5-3-2-4-23(25)28(20)35/h2-11,14,18H,12-13,15-17H2,1H3. The predicted octanol–water partition coefficient (Wildman–Crippen LogP) is 5.11. The summed E-state index contributed by atoms with van der Waals surface area (Å²) >= 11 is 12.2. The molecule has 1 heterocycles. The van der Waals surface area contributed by atoms with Crippen molar-refractivity contribution in [2.24, 2.45) is 0 Å². The molecule has 0 aliphatic carbocycles. The van der Waals surface area contributed by atoms with Gasteiger partial charge in [0.1, 0.15) is 16.3 Å². The van der Waals surface area contributed by atoms with E-state index in [1.54, 1.807) is 24.3 Å². The van der Waals surface area contributed by atoms with Gasteiger partial charge in [-0.25, -0.2) is 12.8 Å². The van der Waals surface area contributed by atoms with Gasteiger partial charge in [-0.1, -0.05) is 47.5 Å². The average Bonchev–Trinajstić information content (AvgIpc) is 2.94. The number of hydrogen-bond acceptors (Lipinski definition) is 6. The fourth-order valence-corrected chi connectivity index (χ4v) is 6.13. The number of benzene rings is 3. The molecule has 0 N–H and O–H groups in total. The Bertz CT molecular complexity index is 1680. The summed E-state index contributed by atoms with van der Waals surface area (Å²) < 4.78 is 52.3. The Morgan fingerprint density at radius 3 is 2.48 bits per heavy atom. The number of fused-ring (bicyclic) bond motifs is 1. The zero-order valence-corrected chi connectivity index (χ0v) is 23.7. The lowest BCUT2D eigenvalue weighted by atomic mass is 10.1. The van der Waals surface area contributed by atoms with E-state index in [-0.39, 0.29) is 52.2 Å². The van der Waals surface area contributed by atoms with E-state index >= 15 is 0 Å². The van der Waals surface area contributed by atoms with E-state index in [1.165, 1.54) is 60.7 Å². The molecule has 1 aromatic heterocycles. The summed E-state index contributed by atoms with van der Waals surface area (Å²) in [6.07, 6.45) is 1.28. The molecule has 12 heteroatoms. The Hall–Kier alpha value is -3.28. The number of sulfonamides is 1. The van der Waals surface area contributed by atoms with Gasteiger partial charge in [0.25, 0.3) is 0 Å². The fourth-order valence-electron chi connectivity index (χ4n) is 4.02. The number of ether oxygens (including phenoxy) is 1. The summed E-state index contributed by atoms with van der Waals surface area (Å²) in [6, 6.07) is 16.2. The minimum absolute atomic E-state index is 0.00306. The van der Waals surface area contributed by atoms with Gasteiger partial charge in [0.05, 0.1) is 41.9 Å². The Balaban J connectivity index is 1.69. The lowest BCUT2D eigenvalue weighted by molar-refractivity contribution is -0.132. The first kappa shape index (κ1) is 29.7. The van der Waals surface area contributed by atoms with Crippen LogP contribution in [-0.4, -0.2) is 50.3 Å². The molecular formula is C28H25Cl2FN2O6S. The van der Waals surface area contributed by atoms with Gasteiger partial charge in [-0.3, -0.25) is 9.59 Å². The number of nitrogens with zero attached hydrogens (tertiary/aromatic N) is 2. The average molecular weight is 607 g/mol. The second-order valence-corrected chi connectivity index (χ2v) is 11.6. The zero-order valence-electron chi connectivity index (χ0n) is 21.3. The van der Waals surface area contributed by atoms with E-state index in [9.17, 15) is 22.4 Å². The van der Waals surface area contributed by atoms with Gasteiger partial charge in [0, 0.05) is 25.2 Å². The van der Waals surface area contributed by atoms with Crippen molar-refractivity contribution >= 4 is 50.1 Å². The molecule has 40 heavy (non-hydrogen) atoms. The van der Waals surface area contributed by atoms with Crippen molar-refractivity contribution in [3.05, 3.63) is 110 Å². The number of methoxy groups -OCH3 is 1. The first-order chi connectivity index (χ1) is 19.1. The van der Waals surface area contributed by atoms with Crippen LogP contribution in [0.2, 0.25) is 10.0 Å². The molecule has 0 spiro atoms. The summed E-state index contributed by atoms with van der Waals surface area (Å²) in [5.41, 5.74) is 0.832. The van der Waals surface area contributed by atoms with Crippen LogP contribution in [0.25, 0.3) is 11.0 Å². The van der Waals surface area contributed by atoms with E-state index in [2.05, 4.69) is 0 Å². The molecule has 0 aliphatic rings. The van der Waals surface area contributed by atoms with E-state index < -0.39 is 28.3 Å². The summed E-state index contributed by atoms with van der Waals surface area (Å²) in [5.74, 6) is -1.07.